The lowest BCUT2D eigenvalue weighted by molar-refractivity contribution is 0.0827. The summed E-state index contributed by atoms with van der Waals surface area (Å²) in [6.07, 6.45) is -0.397. The number of halogens is 1. The second-order valence-electron chi connectivity index (χ2n) is 5.43. The number of methoxy groups -OCH3 is 1. The van der Waals surface area contributed by atoms with Crippen LogP contribution in [0.2, 0.25) is 0 Å². The lowest BCUT2D eigenvalue weighted by Gasteiger charge is -2.17. The predicted octanol–water partition coefficient (Wildman–Crippen LogP) is 3.01. The molecule has 0 saturated heterocycles. The van der Waals surface area contributed by atoms with Gasteiger partial charge in [0.25, 0.3) is 5.91 Å². The Balaban J connectivity index is 2.04. The topological polar surface area (TPSA) is 41.6 Å². The SMILES string of the molecule is CO[C@@H](CNC(=O)c1cccc(N(C)C)c1)c1cccc(F)c1. The Morgan fingerprint density at radius 1 is 1.22 bits per heavy atom. The van der Waals surface area contributed by atoms with Crippen LogP contribution in [0.15, 0.2) is 48.5 Å². The quantitative estimate of drug-likeness (QED) is 0.891. The van der Waals surface area contributed by atoms with Gasteiger partial charge in [0.1, 0.15) is 5.82 Å². The van der Waals surface area contributed by atoms with Crippen LogP contribution < -0.4 is 10.2 Å². The van der Waals surface area contributed by atoms with E-state index in [0.29, 0.717) is 11.1 Å². The maximum Gasteiger partial charge on any atom is 0.251 e. The van der Waals surface area contributed by atoms with E-state index in [0.717, 1.165) is 5.69 Å². The molecule has 0 aliphatic heterocycles. The minimum absolute atomic E-state index is 0.188. The van der Waals surface area contributed by atoms with E-state index in [1.54, 1.807) is 18.2 Å². The summed E-state index contributed by atoms with van der Waals surface area (Å²) in [6, 6.07) is 13.5. The number of nitrogens with zero attached hydrogens (tertiary/aromatic N) is 1. The van der Waals surface area contributed by atoms with Crippen LogP contribution in [0.3, 0.4) is 0 Å². The number of hydrogen-bond donors (Lipinski definition) is 1. The fourth-order valence-electron chi connectivity index (χ4n) is 2.26. The first-order valence-corrected chi connectivity index (χ1v) is 7.35. The summed E-state index contributed by atoms with van der Waals surface area (Å²) in [5.41, 5.74) is 2.21. The lowest BCUT2D eigenvalue weighted by atomic mass is 10.1. The number of carbonyl (C=O) groups is 1. The highest BCUT2D eigenvalue weighted by Gasteiger charge is 2.14. The van der Waals surface area contributed by atoms with Crippen molar-refractivity contribution in [1.82, 2.24) is 5.32 Å². The third-order valence-corrected chi connectivity index (χ3v) is 3.58. The van der Waals surface area contributed by atoms with E-state index in [-0.39, 0.29) is 18.3 Å². The second kappa shape index (κ2) is 7.74. The first-order valence-electron chi connectivity index (χ1n) is 7.35. The highest BCUT2D eigenvalue weighted by atomic mass is 19.1. The molecule has 2 aromatic carbocycles. The summed E-state index contributed by atoms with van der Waals surface area (Å²) in [4.78, 5) is 14.2. The van der Waals surface area contributed by atoms with E-state index in [1.807, 2.05) is 37.2 Å². The van der Waals surface area contributed by atoms with Crippen LogP contribution in [0.5, 0.6) is 0 Å². The zero-order chi connectivity index (χ0) is 16.8. The Labute approximate surface area is 135 Å². The summed E-state index contributed by atoms with van der Waals surface area (Å²) >= 11 is 0. The van der Waals surface area contributed by atoms with E-state index in [9.17, 15) is 9.18 Å². The van der Waals surface area contributed by atoms with Crippen molar-refractivity contribution >= 4 is 11.6 Å². The summed E-state index contributed by atoms with van der Waals surface area (Å²) in [5, 5.41) is 2.83. The van der Waals surface area contributed by atoms with Crippen molar-refractivity contribution in [2.75, 3.05) is 32.6 Å². The second-order valence-corrected chi connectivity index (χ2v) is 5.43. The van der Waals surface area contributed by atoms with Gasteiger partial charge in [0.2, 0.25) is 0 Å². The molecule has 0 spiro atoms. The Kier molecular flexibility index (Phi) is 5.71. The maximum atomic E-state index is 13.3. The van der Waals surface area contributed by atoms with Crippen LogP contribution in [0.4, 0.5) is 10.1 Å². The summed E-state index contributed by atoms with van der Waals surface area (Å²) < 4.78 is 18.7. The third kappa shape index (κ3) is 4.53. The van der Waals surface area contributed by atoms with Crippen LogP contribution in [-0.2, 0) is 4.74 Å². The number of benzene rings is 2. The summed E-state index contributed by atoms with van der Waals surface area (Å²) in [5.74, 6) is -0.512. The van der Waals surface area contributed by atoms with Crippen molar-refractivity contribution in [1.29, 1.82) is 0 Å². The minimum atomic E-state index is -0.397. The number of amides is 1. The number of hydrogen-bond acceptors (Lipinski definition) is 3. The van der Waals surface area contributed by atoms with Gasteiger partial charge in [-0.25, -0.2) is 4.39 Å². The minimum Gasteiger partial charge on any atom is -0.378 e. The molecule has 0 unspecified atom stereocenters. The average Bonchev–Trinajstić information content (AvgIpc) is 2.55. The molecule has 0 saturated carbocycles. The fourth-order valence-corrected chi connectivity index (χ4v) is 2.26. The summed E-state index contributed by atoms with van der Waals surface area (Å²) in [6.45, 7) is 0.269. The fraction of sp³-hybridized carbons (Fsp3) is 0.278. The molecule has 0 fully saturated rings. The number of carbonyl (C=O) groups excluding carboxylic acids is 1. The van der Waals surface area contributed by atoms with Crippen LogP contribution in [-0.4, -0.2) is 33.7 Å². The van der Waals surface area contributed by atoms with Gasteiger partial charge in [0.05, 0.1) is 6.10 Å². The molecule has 0 aliphatic rings. The van der Waals surface area contributed by atoms with Crippen LogP contribution in [0.1, 0.15) is 22.0 Å². The van der Waals surface area contributed by atoms with Crippen molar-refractivity contribution < 1.29 is 13.9 Å². The number of anilines is 1. The van der Waals surface area contributed by atoms with Crippen molar-refractivity contribution in [3.63, 3.8) is 0 Å². The molecular weight excluding hydrogens is 295 g/mol. The van der Waals surface area contributed by atoms with Crippen molar-refractivity contribution in [2.24, 2.45) is 0 Å². The van der Waals surface area contributed by atoms with Gasteiger partial charge in [0, 0.05) is 39.0 Å². The standard InChI is InChI=1S/C18H21FN2O2/c1-21(2)16-9-5-7-14(11-16)18(22)20-12-17(23-3)13-6-4-8-15(19)10-13/h4-11,17H,12H2,1-3H3,(H,20,22)/t17-/m0/s1. The zero-order valence-electron chi connectivity index (χ0n) is 13.5. The normalized spacial score (nSPS) is 11.8. The average molecular weight is 316 g/mol. The summed E-state index contributed by atoms with van der Waals surface area (Å²) in [7, 11) is 5.37. The molecule has 1 atom stereocenters. The van der Waals surface area contributed by atoms with Crippen molar-refractivity contribution in [2.45, 2.75) is 6.10 Å². The molecule has 5 heteroatoms. The molecule has 1 N–H and O–H groups in total. The van der Waals surface area contributed by atoms with Crippen molar-refractivity contribution in [3.05, 3.63) is 65.5 Å². The highest BCUT2D eigenvalue weighted by molar-refractivity contribution is 5.95. The van der Waals surface area contributed by atoms with Crippen LogP contribution >= 0.6 is 0 Å². The van der Waals surface area contributed by atoms with Gasteiger partial charge in [-0.1, -0.05) is 18.2 Å². The third-order valence-electron chi connectivity index (χ3n) is 3.58. The molecule has 0 aromatic heterocycles. The van der Waals surface area contributed by atoms with Crippen LogP contribution in [0.25, 0.3) is 0 Å². The van der Waals surface area contributed by atoms with Crippen molar-refractivity contribution in [3.8, 4) is 0 Å². The molecule has 23 heavy (non-hydrogen) atoms. The van der Waals surface area contributed by atoms with Gasteiger partial charge >= 0.3 is 0 Å². The van der Waals surface area contributed by atoms with Gasteiger partial charge in [-0.3, -0.25) is 4.79 Å². The van der Waals surface area contributed by atoms with Gasteiger partial charge < -0.3 is 15.0 Å². The molecule has 1 amide bonds. The smallest absolute Gasteiger partial charge is 0.251 e. The predicted molar refractivity (Wildman–Crippen MR) is 89.3 cm³/mol. The molecule has 0 aliphatic carbocycles. The van der Waals surface area contributed by atoms with Gasteiger partial charge in [-0.15, -0.1) is 0 Å². The molecule has 0 radical (unpaired) electrons. The molecule has 122 valence electrons. The van der Waals surface area contributed by atoms with E-state index >= 15 is 0 Å². The highest BCUT2D eigenvalue weighted by Crippen LogP contribution is 2.17. The number of nitrogens with one attached hydrogen (secondary N) is 1. The van der Waals surface area contributed by atoms with E-state index in [4.69, 9.17) is 4.74 Å². The van der Waals surface area contributed by atoms with Gasteiger partial charge in [0.15, 0.2) is 0 Å². The number of rotatable bonds is 6. The molecule has 0 bridgehead atoms. The molecule has 0 heterocycles. The lowest BCUT2D eigenvalue weighted by Crippen LogP contribution is -2.29. The number of ether oxygens (including phenoxy) is 1. The Bertz CT molecular complexity index is 674. The molecule has 2 aromatic rings. The maximum absolute atomic E-state index is 13.3. The van der Waals surface area contributed by atoms with E-state index in [2.05, 4.69) is 5.32 Å². The Morgan fingerprint density at radius 3 is 2.61 bits per heavy atom. The monoisotopic (exact) mass is 316 g/mol. The van der Waals surface area contributed by atoms with Gasteiger partial charge in [-0.05, 0) is 35.9 Å². The van der Waals surface area contributed by atoms with Crippen LogP contribution in [0, 0.1) is 5.82 Å². The Hall–Kier alpha value is -2.40. The zero-order valence-corrected chi connectivity index (χ0v) is 13.5. The first-order chi connectivity index (χ1) is 11.0. The van der Waals surface area contributed by atoms with Gasteiger partial charge in [-0.2, -0.15) is 0 Å². The van der Waals surface area contributed by atoms with E-state index in [1.165, 1.54) is 19.2 Å². The Morgan fingerprint density at radius 2 is 1.96 bits per heavy atom. The molecule has 4 nitrogen and oxygen atoms in total. The van der Waals surface area contributed by atoms with E-state index < -0.39 is 6.10 Å². The first kappa shape index (κ1) is 17.0. The largest absolute Gasteiger partial charge is 0.378 e. The molecule has 2 rings (SSSR count). The molecular formula is C18H21FN2O2.